The predicted octanol–water partition coefficient (Wildman–Crippen LogP) is 2.80. The lowest BCUT2D eigenvalue weighted by molar-refractivity contribution is -0.138. The topological polar surface area (TPSA) is 60.9 Å². The number of carbonyl (C=O) groups excluding carboxylic acids is 1. The molecule has 0 spiro atoms. The summed E-state index contributed by atoms with van der Waals surface area (Å²) < 4.78 is 0. The summed E-state index contributed by atoms with van der Waals surface area (Å²) >= 11 is 0. The van der Waals surface area contributed by atoms with Gasteiger partial charge in [-0.05, 0) is 43.9 Å². The van der Waals surface area contributed by atoms with Gasteiger partial charge in [0.2, 0.25) is 0 Å². The fourth-order valence-electron chi connectivity index (χ4n) is 3.74. The molecule has 1 atom stereocenters. The Bertz CT molecular complexity index is 378. The first kappa shape index (κ1) is 16.1. The van der Waals surface area contributed by atoms with Crippen molar-refractivity contribution >= 4 is 12.0 Å². The molecule has 5 nitrogen and oxygen atoms in total. The maximum Gasteiger partial charge on any atom is 0.319 e. The average Bonchev–Trinajstić information content (AvgIpc) is 2.93. The van der Waals surface area contributed by atoms with Crippen LogP contribution in [0.25, 0.3) is 0 Å². The zero-order valence-corrected chi connectivity index (χ0v) is 13.3. The lowest BCUT2D eigenvalue weighted by atomic mass is 9.84. The molecule has 1 aliphatic carbocycles. The number of carbonyl (C=O) groups is 2. The molecule has 1 saturated heterocycles. The van der Waals surface area contributed by atoms with Gasteiger partial charge in [-0.2, -0.15) is 0 Å². The van der Waals surface area contributed by atoms with Crippen molar-refractivity contribution in [2.45, 2.75) is 57.9 Å². The molecule has 2 fully saturated rings. The van der Waals surface area contributed by atoms with E-state index in [-0.39, 0.29) is 18.4 Å². The first-order valence-corrected chi connectivity index (χ1v) is 8.24. The molecule has 2 rings (SSSR count). The van der Waals surface area contributed by atoms with Crippen molar-refractivity contribution in [3.8, 4) is 0 Å². The van der Waals surface area contributed by atoms with Gasteiger partial charge in [-0.25, -0.2) is 4.79 Å². The number of hydrogen-bond donors (Lipinski definition) is 1. The van der Waals surface area contributed by atoms with Gasteiger partial charge in [0.15, 0.2) is 0 Å². The molecule has 1 saturated carbocycles. The monoisotopic (exact) mass is 296 g/mol. The summed E-state index contributed by atoms with van der Waals surface area (Å²) in [4.78, 5) is 27.0. The second-order valence-electron chi connectivity index (χ2n) is 6.67. The first-order valence-electron chi connectivity index (χ1n) is 8.24. The van der Waals surface area contributed by atoms with Crippen LogP contribution in [0.4, 0.5) is 4.79 Å². The Kier molecular flexibility index (Phi) is 5.48. The molecule has 1 aliphatic heterocycles. The highest BCUT2D eigenvalue weighted by Gasteiger charge is 2.32. The van der Waals surface area contributed by atoms with Crippen molar-refractivity contribution in [1.29, 1.82) is 0 Å². The van der Waals surface area contributed by atoms with Crippen LogP contribution in [0.5, 0.6) is 0 Å². The minimum atomic E-state index is -0.763. The molecule has 0 radical (unpaired) electrons. The molecular weight excluding hydrogens is 268 g/mol. The number of hydrogen-bond acceptors (Lipinski definition) is 2. The molecule has 5 heteroatoms. The molecule has 2 aliphatic rings. The Balaban J connectivity index is 1.82. The van der Waals surface area contributed by atoms with Gasteiger partial charge in [-0.3, -0.25) is 4.79 Å². The van der Waals surface area contributed by atoms with Crippen LogP contribution in [0.3, 0.4) is 0 Å². The van der Waals surface area contributed by atoms with Gasteiger partial charge < -0.3 is 14.9 Å². The fourth-order valence-corrected chi connectivity index (χ4v) is 3.74. The predicted molar refractivity (Wildman–Crippen MR) is 81.1 cm³/mol. The Morgan fingerprint density at radius 2 is 1.81 bits per heavy atom. The summed E-state index contributed by atoms with van der Waals surface area (Å²) in [5.41, 5.74) is 0. The minimum absolute atomic E-state index is 0.0860. The van der Waals surface area contributed by atoms with E-state index < -0.39 is 5.97 Å². The first-order chi connectivity index (χ1) is 10.0. The van der Waals surface area contributed by atoms with E-state index in [4.69, 9.17) is 5.11 Å². The number of likely N-dealkylation sites (tertiary alicyclic amines) is 1. The number of nitrogens with zero attached hydrogens (tertiary/aromatic N) is 2. The van der Waals surface area contributed by atoms with Crippen molar-refractivity contribution < 1.29 is 14.7 Å². The molecule has 0 aromatic rings. The second kappa shape index (κ2) is 7.14. The van der Waals surface area contributed by atoms with Gasteiger partial charge in [-0.15, -0.1) is 0 Å². The SMILES string of the molecule is CCC1CCC(N(C)C(=O)N2CCC(CC(=O)O)C2)CC1. The number of urea groups is 1. The zero-order chi connectivity index (χ0) is 15.4. The van der Waals surface area contributed by atoms with Crippen LogP contribution in [0.15, 0.2) is 0 Å². The van der Waals surface area contributed by atoms with Crippen LogP contribution in [-0.4, -0.2) is 53.1 Å². The smallest absolute Gasteiger partial charge is 0.319 e. The van der Waals surface area contributed by atoms with E-state index in [1.54, 1.807) is 0 Å². The number of carboxylic acids is 1. The summed E-state index contributed by atoms with van der Waals surface area (Å²) in [6.45, 7) is 3.54. The highest BCUT2D eigenvalue weighted by molar-refractivity contribution is 5.75. The van der Waals surface area contributed by atoms with Crippen molar-refractivity contribution in [3.05, 3.63) is 0 Å². The number of aliphatic carboxylic acids is 1. The van der Waals surface area contributed by atoms with Crippen LogP contribution in [-0.2, 0) is 4.79 Å². The largest absolute Gasteiger partial charge is 0.481 e. The highest BCUT2D eigenvalue weighted by atomic mass is 16.4. The van der Waals surface area contributed by atoms with Gasteiger partial charge in [0.05, 0.1) is 0 Å². The number of amides is 2. The lowest BCUT2D eigenvalue weighted by Gasteiger charge is -2.36. The number of rotatable bonds is 4. The lowest BCUT2D eigenvalue weighted by Crippen LogP contribution is -2.46. The summed E-state index contributed by atoms with van der Waals surface area (Å²) in [7, 11) is 1.91. The standard InChI is InChI=1S/C16H28N2O3/c1-3-12-4-6-14(7-5-12)17(2)16(21)18-9-8-13(11-18)10-15(19)20/h12-14H,3-11H2,1-2H3,(H,19,20). The fraction of sp³-hybridized carbons (Fsp3) is 0.875. The maximum absolute atomic E-state index is 12.5. The van der Waals surface area contributed by atoms with Crippen LogP contribution < -0.4 is 0 Å². The van der Waals surface area contributed by atoms with Gasteiger partial charge in [-0.1, -0.05) is 13.3 Å². The number of carboxylic acid groups (broad SMARTS) is 1. The third-order valence-corrected chi connectivity index (χ3v) is 5.26. The molecule has 0 bridgehead atoms. The minimum Gasteiger partial charge on any atom is -0.481 e. The summed E-state index contributed by atoms with van der Waals surface area (Å²) in [5.74, 6) is 0.188. The van der Waals surface area contributed by atoms with E-state index in [1.807, 2.05) is 16.8 Å². The van der Waals surface area contributed by atoms with Crippen LogP contribution in [0, 0.1) is 11.8 Å². The van der Waals surface area contributed by atoms with Gasteiger partial charge in [0.25, 0.3) is 0 Å². The molecule has 21 heavy (non-hydrogen) atoms. The zero-order valence-electron chi connectivity index (χ0n) is 13.3. The van der Waals surface area contributed by atoms with E-state index in [9.17, 15) is 9.59 Å². The van der Waals surface area contributed by atoms with Crippen molar-refractivity contribution in [2.75, 3.05) is 20.1 Å². The van der Waals surface area contributed by atoms with Gasteiger partial charge >= 0.3 is 12.0 Å². The van der Waals surface area contributed by atoms with Crippen molar-refractivity contribution in [1.82, 2.24) is 9.80 Å². The van der Waals surface area contributed by atoms with Gasteiger partial charge in [0, 0.05) is 32.6 Å². The molecule has 1 N–H and O–H groups in total. The quantitative estimate of drug-likeness (QED) is 0.867. The van der Waals surface area contributed by atoms with E-state index in [0.29, 0.717) is 19.1 Å². The summed E-state index contributed by atoms with van der Waals surface area (Å²) in [6.07, 6.45) is 6.89. The normalized spacial score (nSPS) is 29.4. The second-order valence-corrected chi connectivity index (χ2v) is 6.67. The van der Waals surface area contributed by atoms with E-state index in [2.05, 4.69) is 6.92 Å². The molecule has 1 heterocycles. The van der Waals surface area contributed by atoms with E-state index >= 15 is 0 Å². The highest BCUT2D eigenvalue weighted by Crippen LogP contribution is 2.30. The molecule has 0 aromatic heterocycles. The van der Waals surface area contributed by atoms with E-state index in [0.717, 1.165) is 25.2 Å². The Labute approximate surface area is 127 Å². The Morgan fingerprint density at radius 1 is 1.14 bits per heavy atom. The third-order valence-electron chi connectivity index (χ3n) is 5.26. The van der Waals surface area contributed by atoms with Crippen LogP contribution in [0.2, 0.25) is 0 Å². The average molecular weight is 296 g/mol. The molecular formula is C16H28N2O3. The molecule has 1 unspecified atom stereocenters. The van der Waals surface area contributed by atoms with Crippen molar-refractivity contribution in [2.24, 2.45) is 11.8 Å². The van der Waals surface area contributed by atoms with Gasteiger partial charge in [0.1, 0.15) is 0 Å². The summed E-state index contributed by atoms with van der Waals surface area (Å²) in [6, 6.07) is 0.446. The molecule has 120 valence electrons. The van der Waals surface area contributed by atoms with Crippen LogP contribution >= 0.6 is 0 Å². The Morgan fingerprint density at radius 3 is 2.38 bits per heavy atom. The van der Waals surface area contributed by atoms with Crippen LogP contribution in [0.1, 0.15) is 51.9 Å². The molecule has 0 aromatic carbocycles. The Hall–Kier alpha value is -1.26. The molecule has 2 amide bonds. The van der Waals surface area contributed by atoms with E-state index in [1.165, 1.54) is 19.3 Å². The maximum atomic E-state index is 12.5. The third kappa shape index (κ3) is 4.11. The summed E-state index contributed by atoms with van der Waals surface area (Å²) in [5, 5.41) is 8.85. The van der Waals surface area contributed by atoms with Crippen molar-refractivity contribution in [3.63, 3.8) is 0 Å².